The quantitative estimate of drug-likeness (QED) is 0.907. The van der Waals surface area contributed by atoms with Gasteiger partial charge in [-0.15, -0.1) is 0 Å². The molecule has 20 heavy (non-hydrogen) atoms. The lowest BCUT2D eigenvalue weighted by Crippen LogP contribution is -2.37. The molecular weight excluding hydrogens is 252 g/mol. The molecule has 0 amide bonds. The number of aliphatic carboxylic acids is 1. The second-order valence-electron chi connectivity index (χ2n) is 6.18. The van der Waals surface area contributed by atoms with E-state index in [0.29, 0.717) is 5.92 Å². The van der Waals surface area contributed by atoms with Crippen molar-refractivity contribution in [1.29, 1.82) is 0 Å². The highest BCUT2D eigenvalue weighted by Crippen LogP contribution is 2.47. The minimum Gasteiger partial charge on any atom is -0.496 e. The van der Waals surface area contributed by atoms with Crippen LogP contribution in [0.15, 0.2) is 18.2 Å². The molecule has 108 valence electrons. The molecule has 0 spiro atoms. The Balaban J connectivity index is 2.00. The monoisotopic (exact) mass is 274 g/mol. The summed E-state index contributed by atoms with van der Waals surface area (Å²) in [6, 6.07) is 6.09. The van der Waals surface area contributed by atoms with Gasteiger partial charge in [0.15, 0.2) is 0 Å². The van der Waals surface area contributed by atoms with Crippen molar-refractivity contribution in [3.05, 3.63) is 29.3 Å². The minimum absolute atomic E-state index is 0.617. The molecule has 1 aromatic rings. The van der Waals surface area contributed by atoms with Crippen LogP contribution < -0.4 is 4.74 Å². The molecule has 2 saturated carbocycles. The Labute approximate surface area is 120 Å². The van der Waals surface area contributed by atoms with Gasteiger partial charge in [-0.3, -0.25) is 4.79 Å². The SMILES string of the molecule is COc1cc(C2(C(=O)O)CCCCC2)ccc1C1CC1. The van der Waals surface area contributed by atoms with Crippen LogP contribution in [0.3, 0.4) is 0 Å². The molecule has 0 atom stereocenters. The zero-order valence-electron chi connectivity index (χ0n) is 12.0. The molecule has 0 radical (unpaired) electrons. The predicted octanol–water partition coefficient (Wildman–Crippen LogP) is 3.86. The number of ether oxygens (including phenoxy) is 1. The molecule has 2 aliphatic rings. The van der Waals surface area contributed by atoms with Gasteiger partial charge in [-0.1, -0.05) is 31.4 Å². The average molecular weight is 274 g/mol. The van der Waals surface area contributed by atoms with Crippen LogP contribution in [-0.2, 0) is 10.2 Å². The van der Waals surface area contributed by atoms with E-state index in [-0.39, 0.29) is 0 Å². The van der Waals surface area contributed by atoms with E-state index in [4.69, 9.17) is 4.74 Å². The van der Waals surface area contributed by atoms with Crippen LogP contribution in [0.2, 0.25) is 0 Å². The summed E-state index contributed by atoms with van der Waals surface area (Å²) in [4.78, 5) is 11.9. The van der Waals surface area contributed by atoms with Crippen molar-refractivity contribution in [1.82, 2.24) is 0 Å². The molecule has 0 bridgehead atoms. The Bertz CT molecular complexity index is 511. The van der Waals surface area contributed by atoms with E-state index in [1.165, 1.54) is 18.4 Å². The van der Waals surface area contributed by atoms with Crippen molar-refractivity contribution >= 4 is 5.97 Å². The Morgan fingerprint density at radius 1 is 1.25 bits per heavy atom. The van der Waals surface area contributed by atoms with Crippen LogP contribution in [0, 0.1) is 0 Å². The first kappa shape index (κ1) is 13.5. The Hall–Kier alpha value is -1.51. The van der Waals surface area contributed by atoms with Crippen LogP contribution in [0.4, 0.5) is 0 Å². The molecule has 3 nitrogen and oxygen atoms in total. The molecule has 2 aliphatic carbocycles. The van der Waals surface area contributed by atoms with E-state index in [0.717, 1.165) is 43.4 Å². The van der Waals surface area contributed by atoms with E-state index in [9.17, 15) is 9.90 Å². The Kier molecular flexibility index (Phi) is 3.45. The summed E-state index contributed by atoms with van der Waals surface area (Å²) in [6.07, 6.45) is 7.08. The van der Waals surface area contributed by atoms with Gasteiger partial charge in [0, 0.05) is 0 Å². The van der Waals surface area contributed by atoms with E-state index in [2.05, 4.69) is 6.07 Å². The molecular formula is C17H22O3. The van der Waals surface area contributed by atoms with Crippen molar-refractivity contribution < 1.29 is 14.6 Å². The average Bonchev–Trinajstić information content (AvgIpc) is 3.31. The fraction of sp³-hybridized carbons (Fsp3) is 0.588. The zero-order chi connectivity index (χ0) is 14.2. The highest BCUT2D eigenvalue weighted by atomic mass is 16.5. The smallest absolute Gasteiger partial charge is 0.314 e. The summed E-state index contributed by atoms with van der Waals surface area (Å²) in [5, 5.41) is 9.76. The fourth-order valence-corrected chi connectivity index (χ4v) is 3.52. The summed E-state index contributed by atoms with van der Waals surface area (Å²) in [7, 11) is 1.68. The van der Waals surface area contributed by atoms with Gasteiger partial charge in [-0.25, -0.2) is 0 Å². The maximum Gasteiger partial charge on any atom is 0.314 e. The van der Waals surface area contributed by atoms with E-state index in [1.807, 2.05) is 12.1 Å². The largest absolute Gasteiger partial charge is 0.496 e. The number of hydrogen-bond donors (Lipinski definition) is 1. The summed E-state index contributed by atoms with van der Waals surface area (Å²) >= 11 is 0. The van der Waals surface area contributed by atoms with Crippen LogP contribution in [0.1, 0.15) is 62.0 Å². The number of benzene rings is 1. The Morgan fingerprint density at radius 3 is 2.50 bits per heavy atom. The second-order valence-corrected chi connectivity index (χ2v) is 6.18. The maximum atomic E-state index is 11.9. The highest BCUT2D eigenvalue weighted by molar-refractivity contribution is 5.81. The van der Waals surface area contributed by atoms with E-state index < -0.39 is 11.4 Å². The number of rotatable bonds is 4. The third-order valence-electron chi connectivity index (χ3n) is 4.92. The standard InChI is InChI=1S/C17H22O3/c1-20-15-11-13(7-8-14(15)12-5-6-12)17(16(18)19)9-3-2-4-10-17/h7-8,11-12H,2-6,9-10H2,1H3,(H,18,19). The van der Waals surface area contributed by atoms with Crippen LogP contribution in [-0.4, -0.2) is 18.2 Å². The summed E-state index contributed by atoms with van der Waals surface area (Å²) in [6.45, 7) is 0. The van der Waals surface area contributed by atoms with Crippen molar-refractivity contribution in [2.45, 2.75) is 56.3 Å². The minimum atomic E-state index is -0.701. The molecule has 0 aliphatic heterocycles. The first-order chi connectivity index (χ1) is 9.67. The maximum absolute atomic E-state index is 11.9. The zero-order valence-corrected chi connectivity index (χ0v) is 12.0. The van der Waals surface area contributed by atoms with Gasteiger partial charge in [-0.05, 0) is 48.8 Å². The fourth-order valence-electron chi connectivity index (χ4n) is 3.52. The molecule has 1 aromatic carbocycles. The third kappa shape index (κ3) is 2.19. The normalized spacial score (nSPS) is 21.4. The van der Waals surface area contributed by atoms with Crippen LogP contribution in [0.5, 0.6) is 5.75 Å². The molecule has 3 rings (SSSR count). The number of carboxylic acids is 1. The van der Waals surface area contributed by atoms with E-state index in [1.54, 1.807) is 7.11 Å². The number of carbonyl (C=O) groups is 1. The molecule has 3 heteroatoms. The lowest BCUT2D eigenvalue weighted by molar-refractivity contribution is -0.145. The molecule has 2 fully saturated rings. The van der Waals surface area contributed by atoms with Gasteiger partial charge in [0.2, 0.25) is 0 Å². The lowest BCUT2D eigenvalue weighted by Gasteiger charge is -2.34. The molecule has 0 heterocycles. The van der Waals surface area contributed by atoms with Crippen molar-refractivity contribution in [2.24, 2.45) is 0 Å². The van der Waals surface area contributed by atoms with E-state index >= 15 is 0 Å². The van der Waals surface area contributed by atoms with Gasteiger partial charge in [-0.2, -0.15) is 0 Å². The molecule has 0 unspecified atom stereocenters. The van der Waals surface area contributed by atoms with Gasteiger partial charge < -0.3 is 9.84 Å². The van der Waals surface area contributed by atoms with Crippen molar-refractivity contribution in [3.8, 4) is 5.75 Å². The molecule has 0 saturated heterocycles. The predicted molar refractivity (Wildman–Crippen MR) is 77.4 cm³/mol. The molecule has 1 N–H and O–H groups in total. The van der Waals surface area contributed by atoms with Gasteiger partial charge in [0.25, 0.3) is 0 Å². The van der Waals surface area contributed by atoms with Gasteiger partial charge in [0.1, 0.15) is 5.75 Å². The number of hydrogen-bond acceptors (Lipinski definition) is 2. The second kappa shape index (κ2) is 5.12. The summed E-state index contributed by atoms with van der Waals surface area (Å²) < 4.78 is 5.51. The third-order valence-corrected chi connectivity index (χ3v) is 4.92. The first-order valence-corrected chi connectivity index (χ1v) is 7.59. The summed E-state index contributed by atoms with van der Waals surface area (Å²) in [5.41, 5.74) is 1.46. The number of carboxylic acid groups (broad SMARTS) is 1. The van der Waals surface area contributed by atoms with Gasteiger partial charge in [0.05, 0.1) is 12.5 Å². The lowest BCUT2D eigenvalue weighted by atomic mass is 9.69. The van der Waals surface area contributed by atoms with Crippen LogP contribution in [0.25, 0.3) is 0 Å². The Morgan fingerprint density at radius 2 is 1.95 bits per heavy atom. The van der Waals surface area contributed by atoms with Crippen LogP contribution >= 0.6 is 0 Å². The van der Waals surface area contributed by atoms with Crippen molar-refractivity contribution in [3.63, 3.8) is 0 Å². The summed E-state index contributed by atoms with van der Waals surface area (Å²) in [5.74, 6) is 0.806. The number of methoxy groups -OCH3 is 1. The van der Waals surface area contributed by atoms with Gasteiger partial charge >= 0.3 is 5.97 Å². The topological polar surface area (TPSA) is 46.5 Å². The first-order valence-electron chi connectivity index (χ1n) is 7.59. The molecule has 0 aromatic heterocycles. The highest BCUT2D eigenvalue weighted by Gasteiger charge is 2.42. The van der Waals surface area contributed by atoms with Crippen molar-refractivity contribution in [2.75, 3.05) is 7.11 Å².